The van der Waals surface area contributed by atoms with E-state index in [9.17, 15) is 4.79 Å². The average Bonchev–Trinajstić information content (AvgIpc) is 3.45. The van der Waals surface area contributed by atoms with Gasteiger partial charge >= 0.3 is 5.97 Å². The number of allylic oxidation sites excluding steroid dienone is 8. The zero-order valence-corrected chi connectivity index (χ0v) is 17.4. The van der Waals surface area contributed by atoms with Crippen LogP contribution < -0.4 is 0 Å². The summed E-state index contributed by atoms with van der Waals surface area (Å²) in [5, 5.41) is 4.29. The third-order valence-corrected chi connectivity index (χ3v) is 6.17. The number of benzene rings is 4. The van der Waals surface area contributed by atoms with Crippen molar-refractivity contribution >= 4 is 33.1 Å². The largest absolute Gasteiger partial charge is 0.457 e. The number of hydrogen-bond acceptors (Lipinski definition) is 2. The topological polar surface area (TPSA) is 26.3 Å². The van der Waals surface area contributed by atoms with Crippen LogP contribution in [0, 0.1) is 0 Å². The average molecular weight is 412 g/mol. The van der Waals surface area contributed by atoms with Gasteiger partial charge in [0.15, 0.2) is 0 Å². The smallest absolute Gasteiger partial charge is 0.339 e. The summed E-state index contributed by atoms with van der Waals surface area (Å²) in [5.74, 6) is -0.301. The van der Waals surface area contributed by atoms with Crippen LogP contribution in [0.15, 0.2) is 120 Å². The molecule has 0 saturated heterocycles. The molecule has 2 aliphatic rings. The molecule has 0 spiro atoms. The lowest BCUT2D eigenvalue weighted by atomic mass is 9.93. The zero-order chi connectivity index (χ0) is 21.5. The molecule has 2 nitrogen and oxygen atoms in total. The van der Waals surface area contributed by atoms with Gasteiger partial charge < -0.3 is 4.74 Å². The summed E-state index contributed by atoms with van der Waals surface area (Å²) in [6.07, 6.45) is 10.9. The molecule has 0 aromatic heterocycles. The second-order valence-corrected chi connectivity index (χ2v) is 8.11. The fourth-order valence-electron chi connectivity index (χ4n) is 4.60. The summed E-state index contributed by atoms with van der Waals surface area (Å²) in [6, 6.07) is 26.2. The lowest BCUT2D eigenvalue weighted by Gasteiger charge is -2.12. The molecule has 0 saturated carbocycles. The third-order valence-electron chi connectivity index (χ3n) is 6.17. The first kappa shape index (κ1) is 18.6. The Morgan fingerprint density at radius 1 is 0.656 bits per heavy atom. The molecule has 0 aliphatic heterocycles. The van der Waals surface area contributed by atoms with E-state index in [-0.39, 0.29) is 12.6 Å². The number of rotatable bonds is 4. The van der Waals surface area contributed by atoms with Crippen molar-refractivity contribution in [1.82, 2.24) is 0 Å². The van der Waals surface area contributed by atoms with Crippen molar-refractivity contribution in [2.45, 2.75) is 6.61 Å². The van der Waals surface area contributed by atoms with Crippen LogP contribution in [-0.2, 0) is 11.3 Å². The first-order valence-electron chi connectivity index (χ1n) is 10.8. The summed E-state index contributed by atoms with van der Waals surface area (Å²) >= 11 is 0. The minimum atomic E-state index is -0.301. The highest BCUT2D eigenvalue weighted by Crippen LogP contribution is 2.38. The number of carbonyl (C=O) groups excluding carboxylic acids is 1. The van der Waals surface area contributed by atoms with Crippen molar-refractivity contribution in [2.24, 2.45) is 0 Å². The van der Waals surface area contributed by atoms with Crippen LogP contribution in [-0.4, -0.2) is 5.97 Å². The SMILES string of the molecule is O=C(OCc1ccccc1)c1cccc2c1ccc1c(C3=CC4=CC=CC4=C3)cccc12. The first-order valence-corrected chi connectivity index (χ1v) is 10.8. The van der Waals surface area contributed by atoms with E-state index in [1.54, 1.807) is 0 Å². The molecule has 0 bridgehead atoms. The minimum absolute atomic E-state index is 0.265. The number of fused-ring (bicyclic) bond motifs is 4. The van der Waals surface area contributed by atoms with Gasteiger partial charge in [-0.25, -0.2) is 4.79 Å². The Hall–Kier alpha value is -4.17. The highest BCUT2D eigenvalue weighted by Gasteiger charge is 2.17. The summed E-state index contributed by atoms with van der Waals surface area (Å²) in [4.78, 5) is 12.9. The van der Waals surface area contributed by atoms with Crippen LogP contribution in [0.4, 0.5) is 0 Å². The molecule has 0 fully saturated rings. The van der Waals surface area contributed by atoms with Crippen molar-refractivity contribution in [3.05, 3.63) is 137 Å². The number of ether oxygens (including phenoxy) is 1. The van der Waals surface area contributed by atoms with Crippen molar-refractivity contribution in [2.75, 3.05) is 0 Å². The maximum atomic E-state index is 12.9. The van der Waals surface area contributed by atoms with E-state index >= 15 is 0 Å². The Morgan fingerprint density at radius 3 is 2.25 bits per heavy atom. The summed E-state index contributed by atoms with van der Waals surface area (Å²) in [6.45, 7) is 0.265. The second-order valence-electron chi connectivity index (χ2n) is 8.11. The molecule has 0 heterocycles. The molecule has 0 unspecified atom stereocenters. The molecule has 4 aromatic carbocycles. The van der Waals surface area contributed by atoms with Gasteiger partial charge in [0, 0.05) is 0 Å². The van der Waals surface area contributed by atoms with Crippen LogP contribution in [0.25, 0.3) is 27.1 Å². The molecule has 4 aromatic rings. The van der Waals surface area contributed by atoms with E-state index in [2.05, 4.69) is 60.7 Å². The third kappa shape index (κ3) is 3.09. The van der Waals surface area contributed by atoms with E-state index in [1.807, 2.05) is 48.5 Å². The van der Waals surface area contributed by atoms with Gasteiger partial charge in [0.05, 0.1) is 5.56 Å². The Morgan fingerprint density at radius 2 is 1.41 bits per heavy atom. The quantitative estimate of drug-likeness (QED) is 0.262. The molecule has 32 heavy (non-hydrogen) atoms. The Kier molecular flexibility index (Phi) is 4.36. The maximum absolute atomic E-state index is 12.9. The Bertz CT molecular complexity index is 1520. The predicted molar refractivity (Wildman–Crippen MR) is 130 cm³/mol. The Balaban J connectivity index is 1.40. The molecule has 0 radical (unpaired) electrons. The standard InChI is InChI=1S/C30H20O2/c31-30(32-19-20-7-2-1-3-8-20)29-14-6-13-26-25-12-5-11-24(27(25)15-16-28(26)29)23-17-21-9-4-10-22(21)18-23/h1-18H,19H2. The number of hydrogen-bond donors (Lipinski definition) is 0. The summed E-state index contributed by atoms with van der Waals surface area (Å²) in [7, 11) is 0. The van der Waals surface area contributed by atoms with E-state index in [0.717, 1.165) is 21.7 Å². The predicted octanol–water partition coefficient (Wildman–Crippen LogP) is 7.17. The maximum Gasteiger partial charge on any atom is 0.339 e. The Labute approximate surface area is 186 Å². The van der Waals surface area contributed by atoms with E-state index in [1.165, 1.54) is 27.7 Å². The van der Waals surface area contributed by atoms with E-state index in [4.69, 9.17) is 4.74 Å². The van der Waals surface area contributed by atoms with Crippen molar-refractivity contribution < 1.29 is 9.53 Å². The number of esters is 1. The van der Waals surface area contributed by atoms with Gasteiger partial charge in [0.2, 0.25) is 0 Å². The van der Waals surface area contributed by atoms with Crippen LogP contribution in [0.2, 0.25) is 0 Å². The lowest BCUT2D eigenvalue weighted by molar-refractivity contribution is 0.0475. The second kappa shape index (κ2) is 7.51. The van der Waals surface area contributed by atoms with E-state index < -0.39 is 0 Å². The van der Waals surface area contributed by atoms with Gasteiger partial charge in [-0.15, -0.1) is 0 Å². The molecule has 0 N–H and O–H groups in total. The van der Waals surface area contributed by atoms with Gasteiger partial charge in [-0.1, -0.05) is 91.0 Å². The minimum Gasteiger partial charge on any atom is -0.457 e. The van der Waals surface area contributed by atoms with Crippen LogP contribution >= 0.6 is 0 Å². The van der Waals surface area contributed by atoms with Crippen molar-refractivity contribution in [1.29, 1.82) is 0 Å². The van der Waals surface area contributed by atoms with Gasteiger partial charge in [0.1, 0.15) is 6.61 Å². The van der Waals surface area contributed by atoms with Gasteiger partial charge in [-0.05, 0) is 67.6 Å². The van der Waals surface area contributed by atoms with Crippen molar-refractivity contribution in [3.8, 4) is 0 Å². The molecular weight excluding hydrogens is 392 g/mol. The molecule has 6 rings (SSSR count). The van der Waals surface area contributed by atoms with Crippen molar-refractivity contribution in [3.63, 3.8) is 0 Å². The van der Waals surface area contributed by atoms with Gasteiger partial charge in [0.25, 0.3) is 0 Å². The van der Waals surface area contributed by atoms with E-state index in [0.29, 0.717) is 5.56 Å². The normalized spacial score (nSPS) is 14.3. The fourth-order valence-corrected chi connectivity index (χ4v) is 4.60. The fraction of sp³-hybridized carbons (Fsp3) is 0.0333. The van der Waals surface area contributed by atoms with Gasteiger partial charge in [-0.2, -0.15) is 0 Å². The first-order chi connectivity index (χ1) is 15.8. The molecular formula is C30H20O2. The monoisotopic (exact) mass is 412 g/mol. The summed E-state index contributed by atoms with van der Waals surface area (Å²) < 4.78 is 5.61. The highest BCUT2D eigenvalue weighted by molar-refractivity contribution is 6.16. The van der Waals surface area contributed by atoms with Crippen LogP contribution in [0.1, 0.15) is 21.5 Å². The molecule has 0 atom stereocenters. The van der Waals surface area contributed by atoms with Gasteiger partial charge in [-0.3, -0.25) is 0 Å². The highest BCUT2D eigenvalue weighted by atomic mass is 16.5. The van der Waals surface area contributed by atoms with Crippen LogP contribution in [0.5, 0.6) is 0 Å². The summed E-state index contributed by atoms with van der Waals surface area (Å²) in [5.41, 5.74) is 6.53. The molecule has 0 amide bonds. The van der Waals surface area contributed by atoms with Crippen LogP contribution in [0.3, 0.4) is 0 Å². The molecule has 152 valence electrons. The lowest BCUT2D eigenvalue weighted by Crippen LogP contribution is -2.06. The zero-order valence-electron chi connectivity index (χ0n) is 17.4. The molecule has 2 aliphatic carbocycles. The molecule has 2 heteroatoms. The number of carbonyl (C=O) groups is 1.